The minimum atomic E-state index is -0.919. The molecule has 6 rings (SSSR count). The number of rotatable bonds is 5. The van der Waals surface area contributed by atoms with E-state index in [-0.39, 0.29) is 47.3 Å². The summed E-state index contributed by atoms with van der Waals surface area (Å²) in [5, 5.41) is 11.3. The fourth-order valence-electron chi connectivity index (χ4n) is 6.25. The lowest BCUT2D eigenvalue weighted by Gasteiger charge is -2.41. The lowest BCUT2D eigenvalue weighted by atomic mass is 9.80. The molecular weight excluding hydrogens is 567 g/mol. The summed E-state index contributed by atoms with van der Waals surface area (Å²) in [5.41, 5.74) is 1.35. The van der Waals surface area contributed by atoms with Gasteiger partial charge < -0.3 is 24.8 Å². The summed E-state index contributed by atoms with van der Waals surface area (Å²) in [6.07, 6.45) is 5.09. The van der Waals surface area contributed by atoms with Crippen LogP contribution >= 0.6 is 0 Å². The van der Waals surface area contributed by atoms with Crippen molar-refractivity contribution in [3.05, 3.63) is 65.9 Å². The van der Waals surface area contributed by atoms with Gasteiger partial charge in [-0.15, -0.1) is 5.10 Å². The molecule has 1 aromatic carbocycles. The second kappa shape index (κ2) is 13.1. The van der Waals surface area contributed by atoms with Crippen molar-refractivity contribution < 1.29 is 23.5 Å². The predicted octanol–water partition coefficient (Wildman–Crippen LogP) is 1.55. The Balaban J connectivity index is 1.22. The molecule has 12 nitrogen and oxygen atoms in total. The Labute approximate surface area is 255 Å². The topological polar surface area (TPSA) is 126 Å². The first-order chi connectivity index (χ1) is 21.3. The highest BCUT2D eigenvalue weighted by molar-refractivity contribution is 5.99. The fraction of sp³-hybridized carbons (Fsp3) is 0.484. The molecule has 3 amide bonds. The SMILES string of the molecule is CN1CCN(C(=O)C[C@@H]2CCN3C[C@@H]2CCOc2ncccc2C(=O)N[C@H](Cc2cn(-c4ccc(F)cc4)nn2)C3=O)CC1. The lowest BCUT2D eigenvalue weighted by molar-refractivity contribution is -0.138. The van der Waals surface area contributed by atoms with Crippen molar-refractivity contribution in [1.82, 2.24) is 40.0 Å². The predicted molar refractivity (Wildman–Crippen MR) is 157 cm³/mol. The molecule has 2 aromatic heterocycles. The van der Waals surface area contributed by atoms with Crippen LogP contribution in [0.25, 0.3) is 5.69 Å². The number of carbonyl (C=O) groups is 3. The fourth-order valence-corrected chi connectivity index (χ4v) is 6.25. The molecule has 0 radical (unpaired) electrons. The number of nitrogens with one attached hydrogen (secondary N) is 1. The van der Waals surface area contributed by atoms with Crippen LogP contribution in [0.15, 0.2) is 48.8 Å². The van der Waals surface area contributed by atoms with Crippen molar-refractivity contribution in [2.45, 2.75) is 31.7 Å². The van der Waals surface area contributed by atoms with Crippen molar-refractivity contribution in [2.24, 2.45) is 11.8 Å². The van der Waals surface area contributed by atoms with Crippen LogP contribution in [0.3, 0.4) is 0 Å². The van der Waals surface area contributed by atoms with Gasteiger partial charge in [-0.05, 0) is 68.1 Å². The summed E-state index contributed by atoms with van der Waals surface area (Å²) in [7, 11) is 2.07. The lowest BCUT2D eigenvalue weighted by Crippen LogP contribution is -2.54. The van der Waals surface area contributed by atoms with Gasteiger partial charge in [-0.1, -0.05) is 5.21 Å². The summed E-state index contributed by atoms with van der Waals surface area (Å²) >= 11 is 0. The van der Waals surface area contributed by atoms with Gasteiger partial charge in [0.05, 0.1) is 24.2 Å². The first-order valence-electron chi connectivity index (χ1n) is 15.1. The van der Waals surface area contributed by atoms with Crippen LogP contribution < -0.4 is 10.1 Å². The Hall–Kier alpha value is -4.39. The molecule has 0 aliphatic carbocycles. The van der Waals surface area contributed by atoms with Crippen molar-refractivity contribution in [2.75, 3.05) is 52.9 Å². The number of carbonyl (C=O) groups excluding carboxylic acids is 3. The Kier molecular flexibility index (Phi) is 8.82. The number of amides is 3. The second-order valence-corrected chi connectivity index (χ2v) is 11.8. The van der Waals surface area contributed by atoms with Gasteiger partial charge in [-0.25, -0.2) is 14.1 Å². The van der Waals surface area contributed by atoms with E-state index in [0.717, 1.165) is 26.2 Å². The van der Waals surface area contributed by atoms with Crippen LogP contribution in [0.4, 0.5) is 4.39 Å². The van der Waals surface area contributed by atoms with E-state index in [4.69, 9.17) is 4.74 Å². The molecule has 1 N–H and O–H groups in total. The number of hydrogen-bond acceptors (Lipinski definition) is 8. The molecule has 232 valence electrons. The van der Waals surface area contributed by atoms with Gasteiger partial charge in [-0.2, -0.15) is 0 Å². The number of hydrogen-bond donors (Lipinski definition) is 1. The zero-order valence-corrected chi connectivity index (χ0v) is 24.8. The van der Waals surface area contributed by atoms with E-state index in [1.165, 1.54) is 16.8 Å². The van der Waals surface area contributed by atoms with Crippen molar-refractivity contribution in [1.29, 1.82) is 0 Å². The maximum Gasteiger partial charge on any atom is 0.257 e. The minimum absolute atomic E-state index is 0.0476. The zero-order chi connectivity index (χ0) is 30.6. The minimum Gasteiger partial charge on any atom is -0.477 e. The number of pyridine rings is 1. The van der Waals surface area contributed by atoms with Gasteiger partial charge in [0.2, 0.25) is 17.7 Å². The smallest absolute Gasteiger partial charge is 0.257 e. The number of piperidine rings is 1. The van der Waals surface area contributed by atoms with Gasteiger partial charge in [0.1, 0.15) is 17.4 Å². The number of halogens is 1. The third-order valence-corrected chi connectivity index (χ3v) is 8.89. The van der Waals surface area contributed by atoms with E-state index in [0.29, 0.717) is 50.3 Å². The molecule has 3 atom stereocenters. The third-order valence-electron chi connectivity index (χ3n) is 8.89. The van der Waals surface area contributed by atoms with E-state index in [9.17, 15) is 18.8 Å². The number of likely N-dealkylation sites (N-methyl/N-ethyl adjacent to an activating group) is 1. The molecular formula is C31H37FN8O4. The third kappa shape index (κ3) is 6.72. The summed E-state index contributed by atoms with van der Waals surface area (Å²) < 4.78 is 20.9. The van der Waals surface area contributed by atoms with Crippen LogP contribution in [-0.4, -0.2) is 111 Å². The second-order valence-electron chi connectivity index (χ2n) is 11.8. The highest BCUT2D eigenvalue weighted by Crippen LogP contribution is 2.31. The normalized spacial score (nSPS) is 23.2. The largest absolute Gasteiger partial charge is 0.477 e. The van der Waals surface area contributed by atoms with Gasteiger partial charge in [0.25, 0.3) is 5.91 Å². The number of ether oxygens (including phenoxy) is 1. The highest BCUT2D eigenvalue weighted by Gasteiger charge is 2.37. The Morgan fingerprint density at radius 2 is 1.86 bits per heavy atom. The number of benzene rings is 1. The van der Waals surface area contributed by atoms with Crippen LogP contribution in [0.1, 0.15) is 35.3 Å². The van der Waals surface area contributed by atoms with Crippen LogP contribution in [0, 0.1) is 17.7 Å². The monoisotopic (exact) mass is 604 g/mol. The molecule has 44 heavy (non-hydrogen) atoms. The molecule has 2 fully saturated rings. The average molecular weight is 605 g/mol. The van der Waals surface area contributed by atoms with Crippen LogP contribution in [0.5, 0.6) is 5.88 Å². The zero-order valence-electron chi connectivity index (χ0n) is 24.8. The van der Waals surface area contributed by atoms with E-state index < -0.39 is 11.9 Å². The standard InChI is InChI=1S/C31H37FN8O4/c1-37-12-14-38(15-13-37)28(41)17-21-8-11-39-19-22(21)9-16-44-30-26(3-2-10-33-30)29(42)34-27(31(39)43)18-24-20-40(36-35-24)25-6-4-23(32)5-7-25/h2-7,10,20-22,27H,8-9,11-19H2,1H3,(H,34,42)/t21-,22-,27+/m0/s1. The van der Waals surface area contributed by atoms with Crippen LogP contribution in [-0.2, 0) is 16.0 Å². The Morgan fingerprint density at radius 3 is 2.66 bits per heavy atom. The first-order valence-corrected chi connectivity index (χ1v) is 15.1. The first kappa shape index (κ1) is 29.7. The van der Waals surface area contributed by atoms with Gasteiger partial charge in [-0.3, -0.25) is 14.4 Å². The number of nitrogens with zero attached hydrogens (tertiary/aromatic N) is 7. The van der Waals surface area contributed by atoms with Gasteiger partial charge in [0.15, 0.2) is 0 Å². The Morgan fingerprint density at radius 1 is 1.07 bits per heavy atom. The summed E-state index contributed by atoms with van der Waals surface area (Å²) in [6.45, 7) is 4.47. The van der Waals surface area contributed by atoms with E-state index in [1.54, 1.807) is 41.6 Å². The quantitative estimate of drug-likeness (QED) is 0.465. The summed E-state index contributed by atoms with van der Waals surface area (Å²) in [6, 6.07) is 8.18. The van der Waals surface area contributed by atoms with Crippen LogP contribution in [0.2, 0.25) is 0 Å². The van der Waals surface area contributed by atoms with E-state index >= 15 is 0 Å². The molecule has 5 heterocycles. The van der Waals surface area contributed by atoms with Crippen molar-refractivity contribution in [3.63, 3.8) is 0 Å². The molecule has 3 aliphatic heterocycles. The maximum atomic E-state index is 14.0. The molecule has 13 heteroatoms. The maximum absolute atomic E-state index is 14.0. The number of aromatic nitrogens is 4. The van der Waals surface area contributed by atoms with Gasteiger partial charge in [0, 0.05) is 58.3 Å². The van der Waals surface area contributed by atoms with Crippen molar-refractivity contribution >= 4 is 17.7 Å². The van der Waals surface area contributed by atoms with E-state index in [2.05, 4.69) is 32.6 Å². The van der Waals surface area contributed by atoms with Crippen molar-refractivity contribution in [3.8, 4) is 11.6 Å². The van der Waals surface area contributed by atoms with Gasteiger partial charge >= 0.3 is 0 Å². The highest BCUT2D eigenvalue weighted by atomic mass is 19.1. The summed E-state index contributed by atoms with van der Waals surface area (Å²) in [5.74, 6) is -0.512. The molecule has 2 bridgehead atoms. The molecule has 0 unspecified atom stereocenters. The van der Waals surface area contributed by atoms with E-state index in [1.807, 2.05) is 4.90 Å². The number of piperazine rings is 1. The Bertz CT molecular complexity index is 1490. The average Bonchev–Trinajstić information content (AvgIpc) is 3.50. The molecule has 3 aliphatic rings. The number of fused-ring (bicyclic) bond motifs is 3. The summed E-state index contributed by atoms with van der Waals surface area (Å²) in [4.78, 5) is 51.0. The molecule has 0 saturated carbocycles. The molecule has 2 saturated heterocycles. The molecule has 0 spiro atoms. The molecule has 3 aromatic rings.